The molecule has 0 fully saturated rings. The Morgan fingerprint density at radius 3 is 1.85 bits per heavy atom. The van der Waals surface area contributed by atoms with Crippen LogP contribution in [0.1, 0.15) is 49.1 Å². The summed E-state index contributed by atoms with van der Waals surface area (Å²) in [6, 6.07) is 21.8. The summed E-state index contributed by atoms with van der Waals surface area (Å²) >= 11 is 14.1. The van der Waals surface area contributed by atoms with Gasteiger partial charge in [0.1, 0.15) is 17.8 Å². The fraction of sp³-hybridized carbons (Fsp3) is 0.208. The van der Waals surface area contributed by atoms with Gasteiger partial charge in [-0.3, -0.25) is 33.0 Å². The van der Waals surface area contributed by atoms with E-state index in [1.165, 1.54) is 11.3 Å². The molecule has 0 radical (unpaired) electrons. The van der Waals surface area contributed by atoms with E-state index in [0.717, 1.165) is 11.0 Å². The van der Waals surface area contributed by atoms with Crippen molar-refractivity contribution in [2.45, 2.75) is 58.0 Å². The summed E-state index contributed by atoms with van der Waals surface area (Å²) in [6.45, 7) is 0.795. The molecular weight excluding hydrogens is 918 g/mol. The zero-order valence-corrected chi connectivity index (χ0v) is 37.8. The highest BCUT2D eigenvalue weighted by atomic mass is 35.5. The van der Waals surface area contributed by atoms with Crippen LogP contribution in [0.15, 0.2) is 125 Å². The molecule has 14 nitrogen and oxygen atoms in total. The molecule has 1 unspecified atom stereocenters. The summed E-state index contributed by atoms with van der Waals surface area (Å²) in [7, 11) is 0. The highest BCUT2D eigenvalue weighted by Gasteiger charge is 2.22. The van der Waals surface area contributed by atoms with Gasteiger partial charge in [0.25, 0.3) is 0 Å². The van der Waals surface area contributed by atoms with Gasteiger partial charge < -0.3 is 9.13 Å². The van der Waals surface area contributed by atoms with Gasteiger partial charge >= 0.3 is 11.4 Å². The minimum absolute atomic E-state index is 0.136. The number of imidazole rings is 4. The quantitative estimate of drug-likeness (QED) is 0.0925. The Kier molecular flexibility index (Phi) is 11.2. The third-order valence-electron chi connectivity index (χ3n) is 12.2. The second-order valence-corrected chi connectivity index (χ2v) is 18.0. The second-order valence-electron chi connectivity index (χ2n) is 16.2. The number of nitrogens with zero attached hydrogens (tertiary/aromatic N) is 12. The van der Waals surface area contributed by atoms with Crippen LogP contribution in [0.25, 0.3) is 65.9 Å². The third-order valence-corrected chi connectivity index (χ3v) is 13.4. The van der Waals surface area contributed by atoms with Gasteiger partial charge in [-0.15, -0.1) is 11.3 Å². The van der Waals surface area contributed by atoms with Crippen molar-refractivity contribution in [3.05, 3.63) is 164 Å². The van der Waals surface area contributed by atoms with Crippen LogP contribution in [-0.4, -0.2) is 64.0 Å². The van der Waals surface area contributed by atoms with Crippen LogP contribution in [0.3, 0.4) is 0 Å². The number of hydrogen-bond donors (Lipinski definition) is 0. The molecule has 0 spiro atoms. The molecule has 8 heterocycles. The standard InChI is InChI=1S/C48H38Cl2F2N12O2S/c49-31-5-9-38-36(22-31)57-44(59(38)17-2-1-13-51)27-61-42-25-53-14-11-40(42)63(47(61)65)33-7-8-35-29(21-33)20-30(24-56-35)34(52)4-3-18-60-39-10-6-32(50)23-37(39)58-45(60)28-62-43-26-54-15-12-41(43)64(48(62)66)46-55-16-19-67-46/h5-12,14-16,19-26,34H,1-4,13,17-18,27-28H2. The van der Waals surface area contributed by atoms with Crippen molar-refractivity contribution in [2.24, 2.45) is 0 Å². The lowest BCUT2D eigenvalue weighted by Gasteiger charge is -2.13. The summed E-state index contributed by atoms with van der Waals surface area (Å²) < 4.78 is 40.0. The predicted octanol–water partition coefficient (Wildman–Crippen LogP) is 10.0. The number of unbranched alkanes of at least 4 members (excludes halogenated alkanes) is 1. The van der Waals surface area contributed by atoms with E-state index in [1.807, 2.05) is 44.8 Å². The maximum atomic E-state index is 16.4. The van der Waals surface area contributed by atoms with E-state index in [-0.39, 0.29) is 30.9 Å². The highest BCUT2D eigenvalue weighted by Crippen LogP contribution is 2.30. The van der Waals surface area contributed by atoms with Crippen molar-refractivity contribution < 1.29 is 8.78 Å². The van der Waals surface area contributed by atoms with Crippen LogP contribution in [0.2, 0.25) is 10.0 Å². The number of halogens is 4. The van der Waals surface area contributed by atoms with E-state index in [2.05, 4.69) is 19.9 Å². The summed E-state index contributed by atoms with van der Waals surface area (Å²) in [5.74, 6) is 1.24. The first-order valence-corrected chi connectivity index (χ1v) is 23.3. The largest absolute Gasteiger partial charge is 0.336 e. The number of benzene rings is 3. The Balaban J connectivity index is 0.870. The van der Waals surface area contributed by atoms with Crippen LogP contribution in [0.4, 0.5) is 8.78 Å². The molecule has 0 amide bonds. The number of hydrogen-bond acceptors (Lipinski definition) is 9. The third kappa shape index (κ3) is 7.75. The number of fused-ring (bicyclic) bond motifs is 5. The Hall–Kier alpha value is -7.08. The van der Waals surface area contributed by atoms with Gasteiger partial charge in [0, 0.05) is 64.3 Å². The topological polar surface area (TPSA) is 141 Å². The first-order chi connectivity index (χ1) is 32.7. The summed E-state index contributed by atoms with van der Waals surface area (Å²) in [5.41, 5.74) is 6.61. The smallest absolute Gasteiger partial charge is 0.326 e. The fourth-order valence-corrected chi connectivity index (χ4v) is 9.99. The predicted molar refractivity (Wildman–Crippen MR) is 258 cm³/mol. The summed E-state index contributed by atoms with van der Waals surface area (Å²) in [5, 5.41) is 4.11. The Morgan fingerprint density at radius 1 is 0.597 bits per heavy atom. The van der Waals surface area contributed by atoms with E-state index >= 15 is 4.39 Å². The molecule has 0 bridgehead atoms. The van der Waals surface area contributed by atoms with Crippen LogP contribution >= 0.6 is 34.5 Å². The maximum absolute atomic E-state index is 16.4. The van der Waals surface area contributed by atoms with Gasteiger partial charge in [0.15, 0.2) is 5.13 Å². The summed E-state index contributed by atoms with van der Waals surface area (Å²) in [4.78, 5) is 55.9. The van der Waals surface area contributed by atoms with Crippen molar-refractivity contribution in [1.82, 2.24) is 57.3 Å². The van der Waals surface area contributed by atoms with Crippen molar-refractivity contribution in [3.63, 3.8) is 0 Å². The molecule has 0 N–H and O–H groups in total. The average Bonchev–Trinajstić information content (AvgIpc) is 4.16. The molecule has 1 atom stereocenters. The van der Waals surface area contributed by atoms with E-state index in [9.17, 15) is 14.0 Å². The van der Waals surface area contributed by atoms with Gasteiger partial charge in [-0.25, -0.2) is 33.5 Å². The first-order valence-electron chi connectivity index (χ1n) is 21.6. The SMILES string of the molecule is O=c1n(Cc2nc3cc(Cl)ccc3n2CCCCF)c2cnccc2n1-c1ccc2ncc(C(F)CCCn3c(Cn4c(=O)n(-c5nccs5)c5ccncc54)nc4cc(Cl)ccc43)cc2c1. The molecule has 0 saturated carbocycles. The van der Waals surface area contributed by atoms with Gasteiger partial charge in [-0.2, -0.15) is 0 Å². The number of pyridine rings is 3. The molecule has 0 aliphatic rings. The lowest BCUT2D eigenvalue weighted by molar-refractivity contribution is 0.310. The molecule has 0 aliphatic carbocycles. The van der Waals surface area contributed by atoms with Crippen LogP contribution in [-0.2, 0) is 26.2 Å². The molecule has 0 saturated heterocycles. The van der Waals surface area contributed by atoms with E-state index < -0.39 is 12.8 Å². The summed E-state index contributed by atoms with van der Waals surface area (Å²) in [6.07, 6.45) is 10.1. The van der Waals surface area contributed by atoms with Crippen molar-refractivity contribution >= 4 is 89.6 Å². The first kappa shape index (κ1) is 42.5. The molecular formula is C48H38Cl2F2N12O2S. The number of rotatable bonds is 15. The lowest BCUT2D eigenvalue weighted by atomic mass is 10.1. The number of thiazole rings is 1. The molecule has 67 heavy (non-hydrogen) atoms. The molecule has 3 aromatic carbocycles. The van der Waals surface area contributed by atoms with Gasteiger partial charge in [0.05, 0.1) is 87.5 Å². The molecule has 19 heteroatoms. The molecule has 11 aromatic rings. The number of aromatic nitrogens is 12. The van der Waals surface area contributed by atoms with E-state index in [1.54, 1.807) is 97.9 Å². The van der Waals surface area contributed by atoms with Crippen LogP contribution < -0.4 is 11.4 Å². The van der Waals surface area contributed by atoms with Gasteiger partial charge in [-0.1, -0.05) is 23.2 Å². The molecule has 0 aliphatic heterocycles. The zero-order chi connectivity index (χ0) is 45.8. The van der Waals surface area contributed by atoms with Crippen LogP contribution in [0.5, 0.6) is 0 Å². The Morgan fingerprint density at radius 2 is 1.22 bits per heavy atom. The number of aryl methyl sites for hydroxylation is 2. The molecule has 11 rings (SSSR count). The van der Waals surface area contributed by atoms with Gasteiger partial charge in [-0.05, 0) is 98.5 Å². The Bertz CT molecular complexity index is 3780. The minimum atomic E-state index is -1.35. The Labute approximate surface area is 393 Å². The van der Waals surface area contributed by atoms with Crippen LogP contribution in [0, 0.1) is 0 Å². The van der Waals surface area contributed by atoms with Crippen molar-refractivity contribution in [1.29, 1.82) is 0 Å². The zero-order valence-electron chi connectivity index (χ0n) is 35.5. The second kappa shape index (κ2) is 17.6. The van der Waals surface area contributed by atoms with E-state index in [0.29, 0.717) is 114 Å². The fourth-order valence-electron chi connectivity index (χ4n) is 9.01. The monoisotopic (exact) mass is 954 g/mol. The van der Waals surface area contributed by atoms with Crippen molar-refractivity contribution in [2.75, 3.05) is 6.67 Å². The molecule has 8 aromatic heterocycles. The molecule has 336 valence electrons. The lowest BCUT2D eigenvalue weighted by Crippen LogP contribution is -2.25. The minimum Gasteiger partial charge on any atom is -0.326 e. The normalized spacial score (nSPS) is 12.5. The highest BCUT2D eigenvalue weighted by molar-refractivity contribution is 7.12. The maximum Gasteiger partial charge on any atom is 0.336 e. The average molecular weight is 956 g/mol. The van der Waals surface area contributed by atoms with Crippen molar-refractivity contribution in [3.8, 4) is 10.8 Å². The number of alkyl halides is 2. The van der Waals surface area contributed by atoms with E-state index in [4.69, 9.17) is 33.2 Å². The van der Waals surface area contributed by atoms with Gasteiger partial charge in [0.2, 0.25) is 0 Å².